The van der Waals surface area contributed by atoms with Crippen LogP contribution >= 0.6 is 0 Å². The zero-order valence-electron chi connectivity index (χ0n) is 11.6. The van der Waals surface area contributed by atoms with Crippen molar-refractivity contribution in [2.75, 3.05) is 20.2 Å². The van der Waals surface area contributed by atoms with E-state index in [4.69, 9.17) is 4.74 Å². The Balaban J connectivity index is 2.15. The zero-order valence-corrected chi connectivity index (χ0v) is 11.6. The molecule has 1 aliphatic heterocycles. The van der Waals surface area contributed by atoms with Gasteiger partial charge < -0.3 is 9.84 Å². The lowest BCUT2D eigenvalue weighted by molar-refractivity contribution is 0.0316. The number of rotatable bonds is 5. The second-order valence-corrected chi connectivity index (χ2v) is 5.07. The van der Waals surface area contributed by atoms with Gasteiger partial charge in [0.25, 0.3) is 0 Å². The molecule has 1 saturated heterocycles. The Kier molecular flexibility index (Phi) is 5.00. The number of likely N-dealkylation sites (tertiary alicyclic amines) is 1. The molecule has 0 bridgehead atoms. The fraction of sp³-hybridized carbons (Fsp3) is 0.500. The summed E-state index contributed by atoms with van der Waals surface area (Å²) in [7, 11) is 1.65. The number of ether oxygens (including phenoxy) is 1. The Morgan fingerprint density at radius 2 is 2.37 bits per heavy atom. The van der Waals surface area contributed by atoms with Crippen LogP contribution in [0.1, 0.15) is 30.9 Å². The molecule has 0 radical (unpaired) electrons. The number of aliphatic hydroxyl groups excluding tert-OH is 1. The minimum absolute atomic E-state index is 0.179. The maximum absolute atomic E-state index is 10.6. The maximum Gasteiger partial charge on any atom is 0.119 e. The third-order valence-electron chi connectivity index (χ3n) is 3.83. The van der Waals surface area contributed by atoms with E-state index in [0.29, 0.717) is 0 Å². The molecule has 1 aliphatic rings. The Hall–Kier alpha value is -1.32. The predicted molar refractivity (Wildman–Crippen MR) is 77.4 cm³/mol. The van der Waals surface area contributed by atoms with E-state index in [1.807, 2.05) is 30.3 Å². The van der Waals surface area contributed by atoms with E-state index in [0.717, 1.165) is 30.8 Å². The van der Waals surface area contributed by atoms with Gasteiger partial charge in [-0.25, -0.2) is 0 Å². The van der Waals surface area contributed by atoms with E-state index in [-0.39, 0.29) is 6.04 Å². The Bertz CT molecular complexity index is 419. The highest BCUT2D eigenvalue weighted by Crippen LogP contribution is 2.30. The molecule has 1 heterocycles. The molecule has 1 fully saturated rings. The standard InChI is InChI=1S/C16H23NO2/c1-3-10-17-11-5-4-9-15(17)16(18)13-7-6-8-14(12-13)19-2/h3,6-8,12,15-16,18H,1,4-5,9-11H2,2H3/t15-,16-/m0/s1. The smallest absolute Gasteiger partial charge is 0.119 e. The van der Waals surface area contributed by atoms with E-state index in [2.05, 4.69) is 11.5 Å². The van der Waals surface area contributed by atoms with E-state index >= 15 is 0 Å². The van der Waals surface area contributed by atoms with Crippen molar-refractivity contribution in [3.63, 3.8) is 0 Å². The van der Waals surface area contributed by atoms with Crippen LogP contribution in [0.2, 0.25) is 0 Å². The summed E-state index contributed by atoms with van der Waals surface area (Å²) in [6.45, 7) is 5.68. The number of hydrogen-bond donors (Lipinski definition) is 1. The van der Waals surface area contributed by atoms with Crippen molar-refractivity contribution in [3.05, 3.63) is 42.5 Å². The molecular formula is C16H23NO2. The molecule has 1 N–H and O–H groups in total. The van der Waals surface area contributed by atoms with E-state index in [9.17, 15) is 5.11 Å². The molecule has 3 heteroatoms. The van der Waals surface area contributed by atoms with E-state index in [1.165, 1.54) is 12.8 Å². The minimum atomic E-state index is -0.463. The zero-order chi connectivity index (χ0) is 13.7. The van der Waals surface area contributed by atoms with Gasteiger partial charge in [0.15, 0.2) is 0 Å². The monoisotopic (exact) mass is 261 g/mol. The van der Waals surface area contributed by atoms with Crippen LogP contribution in [-0.4, -0.2) is 36.2 Å². The molecule has 1 aromatic rings. The lowest BCUT2D eigenvalue weighted by atomic mass is 9.93. The molecule has 0 spiro atoms. The molecule has 2 rings (SSSR count). The van der Waals surface area contributed by atoms with Crippen LogP contribution in [0.3, 0.4) is 0 Å². The molecule has 0 amide bonds. The molecule has 19 heavy (non-hydrogen) atoms. The van der Waals surface area contributed by atoms with Crippen molar-refractivity contribution in [1.29, 1.82) is 0 Å². The van der Waals surface area contributed by atoms with Gasteiger partial charge in [-0.05, 0) is 37.1 Å². The molecule has 1 aromatic carbocycles. The van der Waals surface area contributed by atoms with Crippen LogP contribution in [0.15, 0.2) is 36.9 Å². The first kappa shape index (κ1) is 14.1. The van der Waals surface area contributed by atoms with E-state index in [1.54, 1.807) is 7.11 Å². The van der Waals surface area contributed by atoms with Crippen molar-refractivity contribution in [1.82, 2.24) is 4.90 Å². The number of hydrogen-bond acceptors (Lipinski definition) is 3. The van der Waals surface area contributed by atoms with Gasteiger partial charge in [0.2, 0.25) is 0 Å². The van der Waals surface area contributed by atoms with Gasteiger partial charge in [-0.15, -0.1) is 6.58 Å². The van der Waals surface area contributed by atoms with Gasteiger partial charge in [0.1, 0.15) is 5.75 Å². The third kappa shape index (κ3) is 3.37. The lowest BCUT2D eigenvalue weighted by Gasteiger charge is -2.38. The summed E-state index contributed by atoms with van der Waals surface area (Å²) in [4.78, 5) is 2.32. The molecule has 2 atom stereocenters. The van der Waals surface area contributed by atoms with Crippen LogP contribution in [0, 0.1) is 0 Å². The topological polar surface area (TPSA) is 32.7 Å². The first-order valence-corrected chi connectivity index (χ1v) is 6.93. The van der Waals surface area contributed by atoms with Gasteiger partial charge >= 0.3 is 0 Å². The summed E-state index contributed by atoms with van der Waals surface area (Å²) < 4.78 is 5.23. The average Bonchev–Trinajstić information content (AvgIpc) is 2.47. The van der Waals surface area contributed by atoms with Gasteiger partial charge in [0.05, 0.1) is 13.2 Å². The predicted octanol–water partition coefficient (Wildman–Crippen LogP) is 2.77. The Morgan fingerprint density at radius 3 is 3.11 bits per heavy atom. The van der Waals surface area contributed by atoms with Gasteiger partial charge in [-0.1, -0.05) is 24.6 Å². The number of methoxy groups -OCH3 is 1. The van der Waals surface area contributed by atoms with Crippen molar-refractivity contribution >= 4 is 0 Å². The van der Waals surface area contributed by atoms with Crippen LogP contribution in [0.5, 0.6) is 5.75 Å². The fourth-order valence-corrected chi connectivity index (χ4v) is 2.81. The van der Waals surface area contributed by atoms with Crippen molar-refractivity contribution in [2.45, 2.75) is 31.4 Å². The highest BCUT2D eigenvalue weighted by atomic mass is 16.5. The molecule has 0 unspecified atom stereocenters. The highest BCUT2D eigenvalue weighted by Gasteiger charge is 2.28. The summed E-state index contributed by atoms with van der Waals surface area (Å²) >= 11 is 0. The fourth-order valence-electron chi connectivity index (χ4n) is 2.81. The van der Waals surface area contributed by atoms with Crippen molar-refractivity contribution in [3.8, 4) is 5.75 Å². The second-order valence-electron chi connectivity index (χ2n) is 5.07. The van der Waals surface area contributed by atoms with Crippen molar-refractivity contribution < 1.29 is 9.84 Å². The number of nitrogens with zero attached hydrogens (tertiary/aromatic N) is 1. The largest absolute Gasteiger partial charge is 0.497 e. The molecule has 0 aliphatic carbocycles. The summed E-state index contributed by atoms with van der Waals surface area (Å²) in [6, 6.07) is 7.90. The average molecular weight is 261 g/mol. The van der Waals surface area contributed by atoms with Crippen molar-refractivity contribution in [2.24, 2.45) is 0 Å². The molecule has 104 valence electrons. The number of benzene rings is 1. The van der Waals surface area contributed by atoms with Gasteiger partial charge in [0, 0.05) is 12.6 Å². The Labute approximate surface area is 115 Å². The summed E-state index contributed by atoms with van der Waals surface area (Å²) in [5.41, 5.74) is 0.931. The van der Waals surface area contributed by atoms with Gasteiger partial charge in [-0.2, -0.15) is 0 Å². The van der Waals surface area contributed by atoms with Crippen LogP contribution < -0.4 is 4.74 Å². The Morgan fingerprint density at radius 1 is 1.53 bits per heavy atom. The summed E-state index contributed by atoms with van der Waals surface area (Å²) in [5, 5.41) is 10.6. The molecular weight excluding hydrogens is 238 g/mol. The maximum atomic E-state index is 10.6. The quantitative estimate of drug-likeness (QED) is 0.827. The first-order chi connectivity index (χ1) is 9.26. The second kappa shape index (κ2) is 6.73. The SMILES string of the molecule is C=CCN1CCCC[C@H]1[C@@H](O)c1cccc(OC)c1. The van der Waals surface area contributed by atoms with Crippen LogP contribution in [0.25, 0.3) is 0 Å². The summed E-state index contributed by atoms with van der Waals surface area (Å²) in [5.74, 6) is 0.794. The number of piperidine rings is 1. The lowest BCUT2D eigenvalue weighted by Crippen LogP contribution is -2.43. The highest BCUT2D eigenvalue weighted by molar-refractivity contribution is 5.30. The summed E-state index contributed by atoms with van der Waals surface area (Å²) in [6.07, 6.45) is 4.87. The number of aliphatic hydroxyl groups is 1. The first-order valence-electron chi connectivity index (χ1n) is 6.93. The normalized spacial score (nSPS) is 21.9. The van der Waals surface area contributed by atoms with E-state index < -0.39 is 6.10 Å². The molecule has 0 saturated carbocycles. The van der Waals surface area contributed by atoms with Crippen LogP contribution in [-0.2, 0) is 0 Å². The molecule has 3 nitrogen and oxygen atoms in total. The minimum Gasteiger partial charge on any atom is -0.497 e. The van der Waals surface area contributed by atoms with Gasteiger partial charge in [-0.3, -0.25) is 4.90 Å². The molecule has 0 aromatic heterocycles. The third-order valence-corrected chi connectivity index (χ3v) is 3.83. The van der Waals surface area contributed by atoms with Crippen LogP contribution in [0.4, 0.5) is 0 Å².